The Kier molecular flexibility index (Phi) is 5.65. The van der Waals surface area contributed by atoms with Crippen LogP contribution in [0.15, 0.2) is 23.0 Å². The number of rotatable bonds is 5. The quantitative estimate of drug-likeness (QED) is 0.521. The molecule has 1 heterocycles. The molecule has 0 bridgehead atoms. The van der Waals surface area contributed by atoms with Crippen molar-refractivity contribution in [1.82, 2.24) is 0 Å². The number of methoxy groups -OCH3 is 1. The third-order valence-corrected chi connectivity index (χ3v) is 10.3. The van der Waals surface area contributed by atoms with Crippen molar-refractivity contribution >= 4 is 14.3 Å². The lowest BCUT2D eigenvalue weighted by Crippen LogP contribution is -2.49. The lowest BCUT2D eigenvalue weighted by atomic mass is 9.68. The first kappa shape index (κ1) is 19.3. The van der Waals surface area contributed by atoms with Gasteiger partial charge in [-0.2, -0.15) is 0 Å². The Labute approximate surface area is 147 Å². The van der Waals surface area contributed by atoms with Crippen molar-refractivity contribution in [2.24, 2.45) is 5.41 Å². The van der Waals surface area contributed by atoms with Crippen molar-refractivity contribution in [3.8, 4) is 0 Å². The minimum Gasteiger partial charge on any atom is -0.472 e. The largest absolute Gasteiger partial charge is 0.472 e. The molecule has 1 saturated carbocycles. The number of ether oxygens (including phenoxy) is 1. The summed E-state index contributed by atoms with van der Waals surface area (Å²) in [5, 5.41) is 0.0704. The van der Waals surface area contributed by atoms with Crippen LogP contribution in [0.25, 0.3) is 0 Å². The summed E-state index contributed by atoms with van der Waals surface area (Å²) in [4.78, 5) is 12.8. The lowest BCUT2D eigenvalue weighted by molar-refractivity contribution is -0.163. The highest BCUT2D eigenvalue weighted by atomic mass is 28.4. The molecule has 4 nitrogen and oxygen atoms in total. The average Bonchev–Trinajstić information content (AvgIpc) is 3.05. The van der Waals surface area contributed by atoms with Gasteiger partial charge in [-0.1, -0.05) is 40.0 Å². The summed E-state index contributed by atoms with van der Waals surface area (Å²) in [5.41, 5.74) is 0.346. The van der Waals surface area contributed by atoms with Gasteiger partial charge in [0.1, 0.15) is 0 Å². The standard InChI is InChI=1S/C19H32O4Si/c1-18(2,3)24(5,6)23-16(15-10-13-22-14-15)19(17(20)21-4)11-8-7-9-12-19/h10,13-14,16H,7-9,11-12H2,1-6H3. The zero-order valence-corrected chi connectivity index (χ0v) is 17.0. The predicted molar refractivity (Wildman–Crippen MR) is 97.3 cm³/mol. The molecule has 0 saturated heterocycles. The minimum absolute atomic E-state index is 0.0704. The molecule has 1 aliphatic rings. The fourth-order valence-corrected chi connectivity index (χ4v) is 4.66. The van der Waals surface area contributed by atoms with Gasteiger partial charge in [0.15, 0.2) is 8.32 Å². The predicted octanol–water partition coefficient (Wildman–Crippen LogP) is 5.47. The van der Waals surface area contributed by atoms with Gasteiger partial charge in [0.2, 0.25) is 0 Å². The fraction of sp³-hybridized carbons (Fsp3) is 0.737. The minimum atomic E-state index is -2.06. The van der Waals surface area contributed by atoms with Gasteiger partial charge in [0.05, 0.1) is 31.2 Å². The maximum absolute atomic E-state index is 12.8. The van der Waals surface area contributed by atoms with E-state index < -0.39 is 13.7 Å². The highest BCUT2D eigenvalue weighted by molar-refractivity contribution is 6.74. The summed E-state index contributed by atoms with van der Waals surface area (Å²) in [7, 11) is -0.580. The van der Waals surface area contributed by atoms with E-state index >= 15 is 0 Å². The van der Waals surface area contributed by atoms with Crippen LogP contribution in [-0.4, -0.2) is 21.4 Å². The molecule has 0 amide bonds. The van der Waals surface area contributed by atoms with Crippen LogP contribution in [0.4, 0.5) is 0 Å². The Bertz CT molecular complexity index is 536. The highest BCUT2D eigenvalue weighted by Gasteiger charge is 2.52. The maximum atomic E-state index is 12.8. The van der Waals surface area contributed by atoms with Gasteiger partial charge < -0.3 is 13.6 Å². The zero-order chi connectivity index (χ0) is 18.0. The first-order chi connectivity index (χ1) is 11.1. The number of carbonyl (C=O) groups is 1. The van der Waals surface area contributed by atoms with E-state index in [1.54, 1.807) is 12.5 Å². The highest BCUT2D eigenvalue weighted by Crippen LogP contribution is 2.52. The van der Waals surface area contributed by atoms with Gasteiger partial charge >= 0.3 is 5.97 Å². The van der Waals surface area contributed by atoms with E-state index in [4.69, 9.17) is 13.6 Å². The second kappa shape index (κ2) is 7.04. The summed E-state index contributed by atoms with van der Waals surface area (Å²) < 4.78 is 17.4. The van der Waals surface area contributed by atoms with E-state index in [2.05, 4.69) is 33.9 Å². The molecule has 136 valence electrons. The topological polar surface area (TPSA) is 48.7 Å². The molecule has 2 rings (SSSR count). The van der Waals surface area contributed by atoms with Crippen molar-refractivity contribution in [3.63, 3.8) is 0 Å². The van der Waals surface area contributed by atoms with Crippen molar-refractivity contribution in [3.05, 3.63) is 24.2 Å². The molecule has 1 aromatic heterocycles. The van der Waals surface area contributed by atoms with E-state index in [1.807, 2.05) is 6.07 Å². The molecule has 24 heavy (non-hydrogen) atoms. The summed E-state index contributed by atoms with van der Waals surface area (Å²) in [5.74, 6) is -0.146. The second-order valence-electron chi connectivity index (χ2n) is 8.52. The average molecular weight is 353 g/mol. The van der Waals surface area contributed by atoms with Crippen LogP contribution in [0.3, 0.4) is 0 Å². The Morgan fingerprint density at radius 3 is 2.33 bits per heavy atom. The van der Waals surface area contributed by atoms with E-state index in [0.29, 0.717) is 0 Å². The SMILES string of the molecule is COC(=O)C1(C(O[Si](C)(C)C(C)(C)C)c2ccoc2)CCCCC1. The van der Waals surface area contributed by atoms with Crippen LogP contribution < -0.4 is 0 Å². The number of esters is 1. The summed E-state index contributed by atoms with van der Waals surface area (Å²) in [6.45, 7) is 11.1. The van der Waals surface area contributed by atoms with Crippen molar-refractivity contribution in [2.45, 2.75) is 77.1 Å². The monoisotopic (exact) mass is 352 g/mol. The first-order valence-corrected chi connectivity index (χ1v) is 11.8. The molecule has 0 aromatic carbocycles. The van der Waals surface area contributed by atoms with Crippen molar-refractivity contribution < 1.29 is 18.4 Å². The van der Waals surface area contributed by atoms with Gasteiger partial charge in [0, 0.05) is 5.56 Å². The zero-order valence-electron chi connectivity index (χ0n) is 16.0. The first-order valence-electron chi connectivity index (χ1n) is 8.92. The summed E-state index contributed by atoms with van der Waals surface area (Å²) in [6, 6.07) is 1.93. The number of carbonyl (C=O) groups excluding carboxylic acids is 1. The molecule has 5 heteroatoms. The van der Waals surface area contributed by atoms with Crippen LogP contribution in [0, 0.1) is 5.41 Å². The smallest absolute Gasteiger partial charge is 0.314 e. The van der Waals surface area contributed by atoms with Crippen LogP contribution in [0.1, 0.15) is 64.5 Å². The molecule has 0 radical (unpaired) electrons. The fourth-order valence-electron chi connectivity index (χ4n) is 3.35. The van der Waals surface area contributed by atoms with Gasteiger partial charge in [-0.3, -0.25) is 4.79 Å². The van der Waals surface area contributed by atoms with E-state index in [0.717, 1.165) is 37.7 Å². The van der Waals surface area contributed by atoms with Crippen LogP contribution in [0.5, 0.6) is 0 Å². The Morgan fingerprint density at radius 2 is 1.88 bits per heavy atom. The molecule has 1 atom stereocenters. The third kappa shape index (κ3) is 3.62. The molecule has 1 aliphatic carbocycles. The Hall–Kier alpha value is -1.07. The van der Waals surface area contributed by atoms with Crippen LogP contribution in [-0.2, 0) is 14.0 Å². The number of hydrogen-bond donors (Lipinski definition) is 0. The normalized spacial score (nSPS) is 19.8. The van der Waals surface area contributed by atoms with Crippen molar-refractivity contribution in [1.29, 1.82) is 0 Å². The van der Waals surface area contributed by atoms with E-state index in [-0.39, 0.29) is 17.1 Å². The lowest BCUT2D eigenvalue weighted by Gasteiger charge is -2.46. The summed E-state index contributed by atoms with van der Waals surface area (Å²) >= 11 is 0. The second-order valence-corrected chi connectivity index (χ2v) is 13.3. The molecule has 1 aromatic rings. The molecule has 1 fully saturated rings. The van der Waals surface area contributed by atoms with Gasteiger partial charge in [0.25, 0.3) is 0 Å². The number of furan rings is 1. The molecule has 1 unspecified atom stereocenters. The maximum Gasteiger partial charge on any atom is 0.314 e. The molecule has 0 aliphatic heterocycles. The van der Waals surface area contributed by atoms with Gasteiger partial charge in [-0.15, -0.1) is 0 Å². The van der Waals surface area contributed by atoms with Gasteiger partial charge in [-0.25, -0.2) is 0 Å². The molecule has 0 N–H and O–H groups in total. The third-order valence-electron chi connectivity index (χ3n) is 5.90. The summed E-state index contributed by atoms with van der Waals surface area (Å²) in [6.07, 6.45) is 7.92. The van der Waals surface area contributed by atoms with Crippen LogP contribution in [0.2, 0.25) is 18.1 Å². The van der Waals surface area contributed by atoms with E-state index in [1.165, 1.54) is 7.11 Å². The molecule has 0 spiro atoms. The Morgan fingerprint density at radius 1 is 1.25 bits per heavy atom. The number of hydrogen-bond acceptors (Lipinski definition) is 4. The molecular formula is C19H32O4Si. The van der Waals surface area contributed by atoms with Crippen LogP contribution >= 0.6 is 0 Å². The molecular weight excluding hydrogens is 320 g/mol. The van der Waals surface area contributed by atoms with Crippen molar-refractivity contribution in [2.75, 3.05) is 7.11 Å². The Balaban J connectivity index is 2.47. The van der Waals surface area contributed by atoms with E-state index in [9.17, 15) is 4.79 Å². The van der Waals surface area contributed by atoms with Gasteiger partial charge in [-0.05, 0) is 37.0 Å².